The summed E-state index contributed by atoms with van der Waals surface area (Å²) < 4.78 is 10.6. The fourth-order valence-electron chi connectivity index (χ4n) is 1.81. The minimum atomic E-state index is 0.0398. The maximum absolute atomic E-state index is 11.6. The molecule has 1 amide bonds. The lowest BCUT2D eigenvalue weighted by atomic mass is 10.1. The van der Waals surface area contributed by atoms with Gasteiger partial charge in [-0.3, -0.25) is 4.79 Å². The van der Waals surface area contributed by atoms with Crippen molar-refractivity contribution >= 4 is 5.91 Å². The van der Waals surface area contributed by atoms with Gasteiger partial charge in [-0.2, -0.15) is 0 Å². The molecule has 0 aliphatic rings. The third-order valence-corrected chi connectivity index (χ3v) is 2.58. The number of ether oxygens (including phenoxy) is 2. The fourth-order valence-corrected chi connectivity index (χ4v) is 1.81. The van der Waals surface area contributed by atoms with Gasteiger partial charge in [0.25, 0.3) is 0 Å². The fraction of sp³-hybridized carbons (Fsp3) is 0.500. The highest BCUT2D eigenvalue weighted by Crippen LogP contribution is 2.29. The van der Waals surface area contributed by atoms with Gasteiger partial charge in [-0.1, -0.05) is 6.07 Å². The standard InChI is InChI=1S/C14H21NO3/c1-10(2)15-14(16)9-8-11-12(17-3)6-5-7-13(11)18-4/h5-7,10H,8-9H2,1-4H3,(H,15,16). The van der Waals surface area contributed by atoms with E-state index in [1.807, 2.05) is 32.0 Å². The van der Waals surface area contributed by atoms with Gasteiger partial charge in [-0.15, -0.1) is 0 Å². The number of hydrogen-bond donors (Lipinski definition) is 1. The molecule has 0 saturated carbocycles. The van der Waals surface area contributed by atoms with Gasteiger partial charge in [-0.05, 0) is 32.4 Å². The van der Waals surface area contributed by atoms with E-state index < -0.39 is 0 Å². The van der Waals surface area contributed by atoms with Crippen LogP contribution in [0.2, 0.25) is 0 Å². The van der Waals surface area contributed by atoms with E-state index in [1.165, 1.54) is 0 Å². The molecule has 1 rings (SSSR count). The summed E-state index contributed by atoms with van der Waals surface area (Å²) in [6.45, 7) is 3.89. The monoisotopic (exact) mass is 251 g/mol. The lowest BCUT2D eigenvalue weighted by Crippen LogP contribution is -2.30. The zero-order chi connectivity index (χ0) is 13.5. The zero-order valence-electron chi connectivity index (χ0n) is 11.4. The van der Waals surface area contributed by atoms with E-state index in [0.29, 0.717) is 12.8 Å². The van der Waals surface area contributed by atoms with Crippen LogP contribution in [0.25, 0.3) is 0 Å². The highest BCUT2D eigenvalue weighted by Gasteiger charge is 2.12. The van der Waals surface area contributed by atoms with Gasteiger partial charge in [0.15, 0.2) is 0 Å². The van der Waals surface area contributed by atoms with E-state index in [9.17, 15) is 4.79 Å². The van der Waals surface area contributed by atoms with Crippen molar-refractivity contribution in [3.63, 3.8) is 0 Å². The van der Waals surface area contributed by atoms with Crippen LogP contribution >= 0.6 is 0 Å². The molecule has 0 bridgehead atoms. The number of carbonyl (C=O) groups is 1. The average Bonchev–Trinajstić information content (AvgIpc) is 2.34. The van der Waals surface area contributed by atoms with Crippen molar-refractivity contribution in [3.05, 3.63) is 23.8 Å². The largest absolute Gasteiger partial charge is 0.496 e. The summed E-state index contributed by atoms with van der Waals surface area (Å²) in [5.74, 6) is 1.55. The van der Waals surface area contributed by atoms with Gasteiger partial charge < -0.3 is 14.8 Å². The van der Waals surface area contributed by atoms with E-state index in [1.54, 1.807) is 14.2 Å². The molecule has 0 heterocycles. The minimum Gasteiger partial charge on any atom is -0.496 e. The second kappa shape index (κ2) is 6.89. The van der Waals surface area contributed by atoms with Crippen molar-refractivity contribution < 1.29 is 14.3 Å². The second-order valence-electron chi connectivity index (χ2n) is 4.36. The molecule has 4 nitrogen and oxygen atoms in total. The van der Waals surface area contributed by atoms with Crippen molar-refractivity contribution in [2.45, 2.75) is 32.7 Å². The molecular weight excluding hydrogens is 230 g/mol. The van der Waals surface area contributed by atoms with Crippen molar-refractivity contribution in [2.24, 2.45) is 0 Å². The number of carbonyl (C=O) groups excluding carboxylic acids is 1. The Morgan fingerprint density at radius 1 is 1.22 bits per heavy atom. The molecular formula is C14H21NO3. The smallest absolute Gasteiger partial charge is 0.220 e. The Kier molecular flexibility index (Phi) is 5.49. The molecule has 1 aromatic carbocycles. The number of amides is 1. The van der Waals surface area contributed by atoms with Crippen LogP contribution in [-0.2, 0) is 11.2 Å². The zero-order valence-corrected chi connectivity index (χ0v) is 11.4. The van der Waals surface area contributed by atoms with Crippen molar-refractivity contribution in [1.29, 1.82) is 0 Å². The molecule has 1 N–H and O–H groups in total. The van der Waals surface area contributed by atoms with Gasteiger partial charge in [0, 0.05) is 18.0 Å². The molecule has 0 atom stereocenters. The Labute approximate surface area is 108 Å². The van der Waals surface area contributed by atoms with Crippen molar-refractivity contribution in [2.75, 3.05) is 14.2 Å². The molecule has 0 unspecified atom stereocenters. The Hall–Kier alpha value is -1.71. The minimum absolute atomic E-state index is 0.0398. The van der Waals surface area contributed by atoms with E-state index in [2.05, 4.69) is 5.32 Å². The molecule has 0 radical (unpaired) electrons. The molecule has 1 aromatic rings. The first-order valence-corrected chi connectivity index (χ1v) is 6.07. The third kappa shape index (κ3) is 3.95. The summed E-state index contributed by atoms with van der Waals surface area (Å²) in [5, 5.41) is 2.87. The molecule has 0 aromatic heterocycles. The topological polar surface area (TPSA) is 47.6 Å². The van der Waals surface area contributed by atoms with Crippen LogP contribution in [0.3, 0.4) is 0 Å². The summed E-state index contributed by atoms with van der Waals surface area (Å²) in [6, 6.07) is 5.78. The van der Waals surface area contributed by atoms with E-state index in [0.717, 1.165) is 17.1 Å². The summed E-state index contributed by atoms with van der Waals surface area (Å²) in [5.41, 5.74) is 0.932. The number of rotatable bonds is 6. The predicted molar refractivity (Wildman–Crippen MR) is 71.1 cm³/mol. The van der Waals surface area contributed by atoms with Crippen LogP contribution in [-0.4, -0.2) is 26.2 Å². The molecule has 100 valence electrons. The predicted octanol–water partition coefficient (Wildman–Crippen LogP) is 2.16. The van der Waals surface area contributed by atoms with Gasteiger partial charge in [0.1, 0.15) is 11.5 Å². The highest BCUT2D eigenvalue weighted by atomic mass is 16.5. The maximum atomic E-state index is 11.6. The van der Waals surface area contributed by atoms with Crippen LogP contribution in [0.15, 0.2) is 18.2 Å². The average molecular weight is 251 g/mol. The molecule has 0 aliphatic heterocycles. The normalized spacial score (nSPS) is 10.3. The van der Waals surface area contributed by atoms with E-state index in [4.69, 9.17) is 9.47 Å². The first kappa shape index (κ1) is 14.4. The molecule has 4 heteroatoms. The quantitative estimate of drug-likeness (QED) is 0.842. The lowest BCUT2D eigenvalue weighted by Gasteiger charge is -2.13. The van der Waals surface area contributed by atoms with Crippen LogP contribution in [0.4, 0.5) is 0 Å². The summed E-state index contributed by atoms with van der Waals surface area (Å²) in [6.07, 6.45) is 1.03. The van der Waals surface area contributed by atoms with Crippen LogP contribution in [0, 0.1) is 0 Å². The van der Waals surface area contributed by atoms with Gasteiger partial charge >= 0.3 is 0 Å². The van der Waals surface area contributed by atoms with Crippen molar-refractivity contribution in [3.8, 4) is 11.5 Å². The molecule has 0 fully saturated rings. The summed E-state index contributed by atoms with van der Waals surface area (Å²) in [7, 11) is 3.24. The second-order valence-corrected chi connectivity index (χ2v) is 4.36. The van der Waals surface area contributed by atoms with E-state index in [-0.39, 0.29) is 11.9 Å². The van der Waals surface area contributed by atoms with E-state index >= 15 is 0 Å². The number of benzene rings is 1. The van der Waals surface area contributed by atoms with Crippen LogP contribution < -0.4 is 14.8 Å². The van der Waals surface area contributed by atoms with Crippen LogP contribution in [0.1, 0.15) is 25.8 Å². The Morgan fingerprint density at radius 2 is 1.78 bits per heavy atom. The molecule has 0 aliphatic carbocycles. The lowest BCUT2D eigenvalue weighted by molar-refractivity contribution is -0.121. The Balaban J connectivity index is 2.74. The SMILES string of the molecule is COc1cccc(OC)c1CCC(=O)NC(C)C. The highest BCUT2D eigenvalue weighted by molar-refractivity contribution is 5.76. The number of nitrogens with one attached hydrogen (secondary N) is 1. The Bertz CT molecular complexity index is 380. The first-order valence-electron chi connectivity index (χ1n) is 6.07. The van der Waals surface area contributed by atoms with Crippen molar-refractivity contribution in [1.82, 2.24) is 5.32 Å². The van der Waals surface area contributed by atoms with Crippen LogP contribution in [0.5, 0.6) is 11.5 Å². The van der Waals surface area contributed by atoms with Gasteiger partial charge in [0.2, 0.25) is 5.91 Å². The first-order chi connectivity index (χ1) is 8.58. The molecule has 18 heavy (non-hydrogen) atoms. The number of hydrogen-bond acceptors (Lipinski definition) is 3. The molecule has 0 spiro atoms. The maximum Gasteiger partial charge on any atom is 0.220 e. The molecule has 0 saturated heterocycles. The summed E-state index contributed by atoms with van der Waals surface area (Å²) >= 11 is 0. The number of methoxy groups -OCH3 is 2. The summed E-state index contributed by atoms with van der Waals surface area (Å²) in [4.78, 5) is 11.6. The third-order valence-electron chi connectivity index (χ3n) is 2.58. The van der Waals surface area contributed by atoms with Gasteiger partial charge in [0.05, 0.1) is 14.2 Å². The van der Waals surface area contributed by atoms with Gasteiger partial charge in [-0.25, -0.2) is 0 Å². The Morgan fingerprint density at radius 3 is 2.22 bits per heavy atom.